The lowest BCUT2D eigenvalue weighted by Gasteiger charge is -2.51. The first-order chi connectivity index (χ1) is 13.0. The first kappa shape index (κ1) is 20.1. The number of benzene rings is 1. The van der Waals surface area contributed by atoms with Crippen molar-refractivity contribution >= 4 is 5.91 Å². The second-order valence-electron chi connectivity index (χ2n) is 8.35. The van der Waals surface area contributed by atoms with E-state index in [1.54, 1.807) is 0 Å². The zero-order valence-electron chi connectivity index (χ0n) is 17.1. The first-order valence-electron chi connectivity index (χ1n) is 10.4. The van der Waals surface area contributed by atoms with Crippen LogP contribution in [0.2, 0.25) is 0 Å². The van der Waals surface area contributed by atoms with Crippen LogP contribution in [0.15, 0.2) is 35.9 Å². The van der Waals surface area contributed by atoms with Gasteiger partial charge in [-0.3, -0.25) is 9.69 Å². The van der Waals surface area contributed by atoms with E-state index >= 15 is 0 Å². The second kappa shape index (κ2) is 8.57. The molecular weight excluding hydrogens is 336 g/mol. The minimum atomic E-state index is -0.323. The number of likely N-dealkylation sites (tertiary alicyclic amines) is 2. The molecule has 2 fully saturated rings. The fourth-order valence-corrected chi connectivity index (χ4v) is 4.76. The van der Waals surface area contributed by atoms with Gasteiger partial charge in [0.1, 0.15) is 0 Å². The Morgan fingerprint density at radius 2 is 2.07 bits per heavy atom. The lowest BCUT2D eigenvalue weighted by molar-refractivity contribution is -0.0767. The van der Waals surface area contributed by atoms with Crippen LogP contribution in [-0.4, -0.2) is 59.6 Å². The Morgan fingerprint density at radius 3 is 2.81 bits per heavy atom. The molecule has 3 rings (SSSR count). The van der Waals surface area contributed by atoms with Gasteiger partial charge >= 0.3 is 0 Å². The Kier molecular flexibility index (Phi) is 6.38. The van der Waals surface area contributed by atoms with Crippen molar-refractivity contribution in [1.29, 1.82) is 0 Å². The maximum atomic E-state index is 13.2. The Morgan fingerprint density at radius 1 is 1.30 bits per heavy atom. The highest BCUT2D eigenvalue weighted by Crippen LogP contribution is 2.39. The maximum Gasteiger partial charge on any atom is 0.254 e. The predicted octanol–water partition coefficient (Wildman–Crippen LogP) is 3.50. The number of hydrogen-bond donors (Lipinski definition) is 1. The van der Waals surface area contributed by atoms with Gasteiger partial charge in [-0.15, -0.1) is 0 Å². The van der Waals surface area contributed by atoms with Gasteiger partial charge in [0.2, 0.25) is 0 Å². The fourth-order valence-electron chi connectivity index (χ4n) is 4.76. The number of carbonyl (C=O) groups excluding carboxylic acids is 1. The van der Waals surface area contributed by atoms with Gasteiger partial charge in [0.15, 0.2) is 0 Å². The van der Waals surface area contributed by atoms with Crippen molar-refractivity contribution in [2.45, 2.75) is 52.6 Å². The van der Waals surface area contributed by atoms with Crippen LogP contribution in [0.1, 0.15) is 56.0 Å². The molecule has 4 heteroatoms. The average molecular weight is 371 g/mol. The van der Waals surface area contributed by atoms with E-state index < -0.39 is 0 Å². The molecule has 0 aliphatic carbocycles. The third-order valence-electron chi connectivity index (χ3n) is 6.45. The molecule has 0 unspecified atom stereocenters. The number of rotatable bonds is 4. The molecule has 2 aliphatic heterocycles. The number of hydrogen-bond acceptors (Lipinski definition) is 3. The number of aliphatic hydroxyl groups excluding tert-OH is 1. The summed E-state index contributed by atoms with van der Waals surface area (Å²) in [7, 11) is 0. The number of amides is 1. The molecule has 4 nitrogen and oxygen atoms in total. The molecule has 0 radical (unpaired) electrons. The summed E-state index contributed by atoms with van der Waals surface area (Å²) in [5, 5.41) is 10.9. The predicted molar refractivity (Wildman–Crippen MR) is 110 cm³/mol. The zero-order chi connectivity index (χ0) is 19.4. The molecule has 1 amide bonds. The van der Waals surface area contributed by atoms with Gasteiger partial charge in [-0.1, -0.05) is 36.8 Å². The minimum Gasteiger partial charge on any atom is -0.392 e. The highest BCUT2D eigenvalue weighted by molar-refractivity contribution is 5.95. The Labute approximate surface area is 163 Å². The molecule has 0 saturated carbocycles. The van der Waals surface area contributed by atoms with Crippen molar-refractivity contribution in [3.05, 3.63) is 47.0 Å². The summed E-state index contributed by atoms with van der Waals surface area (Å²) >= 11 is 0. The van der Waals surface area contributed by atoms with Crippen molar-refractivity contribution in [1.82, 2.24) is 9.80 Å². The van der Waals surface area contributed by atoms with E-state index in [9.17, 15) is 9.90 Å². The normalized spacial score (nSPS) is 27.2. The van der Waals surface area contributed by atoms with Gasteiger partial charge in [-0.05, 0) is 51.2 Å². The quantitative estimate of drug-likeness (QED) is 0.825. The number of carbonyl (C=O) groups is 1. The van der Waals surface area contributed by atoms with E-state index in [1.807, 2.05) is 29.2 Å². The molecule has 2 saturated heterocycles. The molecule has 148 valence electrons. The lowest BCUT2D eigenvalue weighted by atomic mass is 9.71. The van der Waals surface area contributed by atoms with E-state index in [0.717, 1.165) is 63.0 Å². The molecular formula is C23H34N2O2. The van der Waals surface area contributed by atoms with Crippen molar-refractivity contribution in [2.24, 2.45) is 5.41 Å². The van der Waals surface area contributed by atoms with Gasteiger partial charge in [0.05, 0.1) is 6.10 Å². The topological polar surface area (TPSA) is 43.8 Å². The standard InChI is InChI=1S/C23H34N2O2/c1-4-18(3)15-24-14-11-21(26)23(16-24)12-8-13-25(17-23)22(27)20-10-7-6-9-19(20)5-2/h4,6-7,9-10,21,26H,5,8,11-17H2,1-3H3/t21-,23-/m1/s1. The highest BCUT2D eigenvalue weighted by atomic mass is 16.3. The van der Waals surface area contributed by atoms with Crippen LogP contribution < -0.4 is 0 Å². The third-order valence-corrected chi connectivity index (χ3v) is 6.45. The van der Waals surface area contributed by atoms with E-state index in [4.69, 9.17) is 0 Å². The van der Waals surface area contributed by atoms with Crippen molar-refractivity contribution in [3.8, 4) is 0 Å². The average Bonchev–Trinajstić information content (AvgIpc) is 2.70. The molecule has 1 aromatic rings. The van der Waals surface area contributed by atoms with Gasteiger partial charge in [-0.2, -0.15) is 0 Å². The molecule has 1 spiro atoms. The maximum absolute atomic E-state index is 13.2. The molecule has 27 heavy (non-hydrogen) atoms. The van der Waals surface area contributed by atoms with E-state index in [0.29, 0.717) is 6.54 Å². The van der Waals surface area contributed by atoms with Gasteiger partial charge in [-0.25, -0.2) is 0 Å². The minimum absolute atomic E-state index is 0.125. The van der Waals surface area contributed by atoms with Gasteiger partial charge in [0.25, 0.3) is 5.91 Å². The molecule has 2 atom stereocenters. The summed E-state index contributed by atoms with van der Waals surface area (Å²) in [6.45, 7) is 10.6. The van der Waals surface area contributed by atoms with E-state index in [-0.39, 0.29) is 17.4 Å². The first-order valence-corrected chi connectivity index (χ1v) is 10.4. The van der Waals surface area contributed by atoms with Crippen LogP contribution in [-0.2, 0) is 6.42 Å². The van der Waals surface area contributed by atoms with Crippen molar-refractivity contribution < 1.29 is 9.90 Å². The van der Waals surface area contributed by atoms with Gasteiger partial charge < -0.3 is 10.0 Å². The van der Waals surface area contributed by atoms with Gasteiger partial charge in [0, 0.05) is 43.7 Å². The van der Waals surface area contributed by atoms with Crippen LogP contribution in [0.5, 0.6) is 0 Å². The second-order valence-corrected chi connectivity index (χ2v) is 8.35. The summed E-state index contributed by atoms with van der Waals surface area (Å²) in [4.78, 5) is 17.7. The monoisotopic (exact) mass is 370 g/mol. The van der Waals surface area contributed by atoms with Crippen molar-refractivity contribution in [2.75, 3.05) is 32.7 Å². The molecule has 1 aromatic carbocycles. The Balaban J connectivity index is 1.78. The van der Waals surface area contributed by atoms with Crippen LogP contribution in [0.25, 0.3) is 0 Å². The number of allylic oxidation sites excluding steroid dienone is 1. The SMILES string of the molecule is CC=C(C)CN1CC[C@@H](O)[C@]2(CCCN(C(=O)c3ccccc3CC)C2)C1. The van der Waals surface area contributed by atoms with Crippen LogP contribution >= 0.6 is 0 Å². The zero-order valence-corrected chi connectivity index (χ0v) is 17.1. The third kappa shape index (κ3) is 4.27. The summed E-state index contributed by atoms with van der Waals surface area (Å²) in [5.74, 6) is 0.125. The fraction of sp³-hybridized carbons (Fsp3) is 0.609. The van der Waals surface area contributed by atoms with Crippen LogP contribution in [0, 0.1) is 5.41 Å². The summed E-state index contributed by atoms with van der Waals surface area (Å²) in [5.41, 5.74) is 3.10. The number of aliphatic hydroxyl groups is 1. The Hall–Kier alpha value is -1.65. The smallest absolute Gasteiger partial charge is 0.254 e. The van der Waals surface area contributed by atoms with E-state index in [1.165, 1.54) is 5.57 Å². The molecule has 1 N–H and O–H groups in total. The Bertz CT molecular complexity index is 699. The summed E-state index contributed by atoms with van der Waals surface area (Å²) in [6.07, 6.45) is 5.46. The molecule has 2 heterocycles. The van der Waals surface area contributed by atoms with E-state index in [2.05, 4.69) is 31.7 Å². The largest absolute Gasteiger partial charge is 0.392 e. The van der Waals surface area contributed by atoms with Crippen LogP contribution in [0.4, 0.5) is 0 Å². The highest BCUT2D eigenvalue weighted by Gasteiger charge is 2.46. The molecule has 0 aromatic heterocycles. The van der Waals surface area contributed by atoms with Crippen molar-refractivity contribution in [3.63, 3.8) is 0 Å². The molecule has 0 bridgehead atoms. The number of nitrogens with zero attached hydrogens (tertiary/aromatic N) is 2. The molecule has 2 aliphatic rings. The van der Waals surface area contributed by atoms with Crippen LogP contribution in [0.3, 0.4) is 0 Å². The summed E-state index contributed by atoms with van der Waals surface area (Å²) < 4.78 is 0. The summed E-state index contributed by atoms with van der Waals surface area (Å²) in [6, 6.07) is 7.94. The lowest BCUT2D eigenvalue weighted by Crippen LogP contribution is -2.60. The number of piperidine rings is 2. The number of aryl methyl sites for hydroxylation is 1.